The number of anilines is 1. The molecular formula is C24H28N4O3. The normalized spacial score (nSPS) is 24.5. The Labute approximate surface area is 181 Å². The molecule has 4 heterocycles. The number of piperidine rings is 1. The van der Waals surface area contributed by atoms with Crippen molar-refractivity contribution in [3.8, 4) is 0 Å². The number of benzene rings is 1. The fourth-order valence-corrected chi connectivity index (χ4v) is 5.61. The van der Waals surface area contributed by atoms with Gasteiger partial charge in [-0.05, 0) is 30.5 Å². The maximum atomic E-state index is 13.2. The molecule has 162 valence electrons. The number of hydrogen-bond acceptors (Lipinski definition) is 4. The predicted molar refractivity (Wildman–Crippen MR) is 118 cm³/mol. The monoisotopic (exact) mass is 420 g/mol. The lowest BCUT2D eigenvalue weighted by molar-refractivity contribution is -0.135. The van der Waals surface area contributed by atoms with Gasteiger partial charge in [0.25, 0.3) is 5.56 Å². The summed E-state index contributed by atoms with van der Waals surface area (Å²) in [5.74, 6) is 0.211. The van der Waals surface area contributed by atoms with Gasteiger partial charge in [0.15, 0.2) is 0 Å². The molecule has 3 aliphatic rings. The fourth-order valence-electron chi connectivity index (χ4n) is 5.61. The van der Waals surface area contributed by atoms with Crippen LogP contribution in [-0.2, 0) is 16.0 Å². The number of rotatable bonds is 3. The molecular weight excluding hydrogens is 392 g/mol. The van der Waals surface area contributed by atoms with Crippen LogP contribution in [0, 0.1) is 5.92 Å². The SMILES string of the molecule is CN(C)C(=O)[C@H]1[C@H]2C[C@H](CN(CC(=O)N3CCc4ccccc43)C2)c2cccc(=O)n21. The van der Waals surface area contributed by atoms with E-state index in [9.17, 15) is 14.4 Å². The van der Waals surface area contributed by atoms with Crippen molar-refractivity contribution < 1.29 is 9.59 Å². The van der Waals surface area contributed by atoms with E-state index >= 15 is 0 Å². The van der Waals surface area contributed by atoms with Crippen molar-refractivity contribution in [2.45, 2.75) is 24.8 Å². The maximum absolute atomic E-state index is 13.2. The number of likely N-dealkylation sites (tertiary alicyclic amines) is 1. The second-order valence-electron chi connectivity index (χ2n) is 9.15. The molecule has 7 nitrogen and oxygen atoms in total. The molecule has 1 aromatic heterocycles. The molecule has 1 saturated heterocycles. The second-order valence-corrected chi connectivity index (χ2v) is 9.15. The Morgan fingerprint density at radius 3 is 2.68 bits per heavy atom. The van der Waals surface area contributed by atoms with Crippen molar-refractivity contribution in [1.82, 2.24) is 14.4 Å². The lowest BCUT2D eigenvalue weighted by atomic mass is 9.78. The Balaban J connectivity index is 1.41. The van der Waals surface area contributed by atoms with Crippen LogP contribution in [0.25, 0.3) is 0 Å². The van der Waals surface area contributed by atoms with Crippen molar-refractivity contribution in [3.05, 3.63) is 64.1 Å². The zero-order valence-corrected chi connectivity index (χ0v) is 18.0. The van der Waals surface area contributed by atoms with Gasteiger partial charge in [-0.3, -0.25) is 23.9 Å². The Kier molecular flexibility index (Phi) is 4.93. The summed E-state index contributed by atoms with van der Waals surface area (Å²) < 4.78 is 1.71. The molecule has 0 N–H and O–H groups in total. The number of carbonyl (C=O) groups excluding carboxylic acids is 2. The van der Waals surface area contributed by atoms with E-state index in [1.165, 1.54) is 11.6 Å². The molecule has 2 aromatic rings. The number of aromatic nitrogens is 1. The molecule has 3 aliphatic heterocycles. The summed E-state index contributed by atoms with van der Waals surface area (Å²) >= 11 is 0. The van der Waals surface area contributed by atoms with Crippen molar-refractivity contribution >= 4 is 17.5 Å². The predicted octanol–water partition coefficient (Wildman–Crippen LogP) is 1.49. The molecule has 1 aromatic carbocycles. The summed E-state index contributed by atoms with van der Waals surface area (Å²) in [6.45, 7) is 2.42. The van der Waals surface area contributed by atoms with Gasteiger partial charge in [-0.25, -0.2) is 0 Å². The van der Waals surface area contributed by atoms with E-state index in [0.717, 1.165) is 37.3 Å². The quantitative estimate of drug-likeness (QED) is 0.755. The van der Waals surface area contributed by atoms with Gasteiger partial charge in [0.1, 0.15) is 6.04 Å². The molecule has 2 bridgehead atoms. The molecule has 0 radical (unpaired) electrons. The third-order valence-corrected chi connectivity index (χ3v) is 6.96. The molecule has 7 heteroatoms. The number of amides is 2. The lowest BCUT2D eigenvalue weighted by Gasteiger charge is -2.46. The number of carbonyl (C=O) groups is 2. The summed E-state index contributed by atoms with van der Waals surface area (Å²) in [6.07, 6.45) is 1.76. The summed E-state index contributed by atoms with van der Waals surface area (Å²) in [5.41, 5.74) is 3.02. The molecule has 2 amide bonds. The van der Waals surface area contributed by atoms with Crippen LogP contribution in [0.15, 0.2) is 47.3 Å². The Bertz CT molecular complexity index is 1090. The third kappa shape index (κ3) is 3.37. The van der Waals surface area contributed by atoms with E-state index in [4.69, 9.17) is 0 Å². The minimum atomic E-state index is -0.514. The minimum absolute atomic E-state index is 0.0138. The first-order valence-corrected chi connectivity index (χ1v) is 11.0. The lowest BCUT2D eigenvalue weighted by Crippen LogP contribution is -2.54. The molecule has 3 atom stereocenters. The fraction of sp³-hybridized carbons (Fsp3) is 0.458. The summed E-state index contributed by atoms with van der Waals surface area (Å²) in [7, 11) is 3.47. The van der Waals surface area contributed by atoms with Crippen LogP contribution in [0.3, 0.4) is 0 Å². The van der Waals surface area contributed by atoms with Crippen LogP contribution < -0.4 is 10.5 Å². The number of nitrogens with zero attached hydrogens (tertiary/aromatic N) is 4. The standard InChI is InChI=1S/C24H28N4O3/c1-25(2)24(31)23-18-12-17(20-8-5-9-21(29)28(20)23)13-26(14-18)15-22(30)27-11-10-16-6-3-4-7-19(16)27/h3-9,17-18,23H,10-15H2,1-2H3/t17-,18+,23-/m1/s1. The van der Waals surface area contributed by atoms with Gasteiger partial charge in [-0.15, -0.1) is 0 Å². The molecule has 1 fully saturated rings. The van der Waals surface area contributed by atoms with Gasteiger partial charge in [0.2, 0.25) is 11.8 Å². The van der Waals surface area contributed by atoms with Gasteiger partial charge in [-0.1, -0.05) is 24.3 Å². The number of fused-ring (bicyclic) bond motifs is 5. The third-order valence-electron chi connectivity index (χ3n) is 6.96. The van der Waals surface area contributed by atoms with Crippen LogP contribution in [-0.4, -0.2) is 66.5 Å². The zero-order chi connectivity index (χ0) is 21.7. The van der Waals surface area contributed by atoms with Gasteiger partial charge in [0.05, 0.1) is 6.54 Å². The van der Waals surface area contributed by atoms with E-state index in [1.54, 1.807) is 29.6 Å². The van der Waals surface area contributed by atoms with E-state index < -0.39 is 6.04 Å². The highest BCUT2D eigenvalue weighted by atomic mass is 16.2. The van der Waals surface area contributed by atoms with Crippen molar-refractivity contribution in [3.63, 3.8) is 0 Å². The van der Waals surface area contributed by atoms with Gasteiger partial charge in [0, 0.05) is 63.0 Å². The zero-order valence-electron chi connectivity index (χ0n) is 18.0. The van der Waals surface area contributed by atoms with Crippen LogP contribution in [0.4, 0.5) is 5.69 Å². The van der Waals surface area contributed by atoms with Crippen LogP contribution in [0.1, 0.15) is 29.6 Å². The van der Waals surface area contributed by atoms with Gasteiger partial charge in [-0.2, -0.15) is 0 Å². The Morgan fingerprint density at radius 2 is 1.87 bits per heavy atom. The molecule has 0 saturated carbocycles. The minimum Gasteiger partial charge on any atom is -0.347 e. The molecule has 0 spiro atoms. The summed E-state index contributed by atoms with van der Waals surface area (Å²) in [5, 5.41) is 0. The largest absolute Gasteiger partial charge is 0.347 e. The molecule has 0 aliphatic carbocycles. The maximum Gasteiger partial charge on any atom is 0.251 e. The topological polar surface area (TPSA) is 65.9 Å². The van der Waals surface area contributed by atoms with Crippen LogP contribution in [0.5, 0.6) is 0 Å². The Hall–Kier alpha value is -2.93. The van der Waals surface area contributed by atoms with E-state index in [0.29, 0.717) is 13.1 Å². The second kappa shape index (κ2) is 7.64. The van der Waals surface area contributed by atoms with Crippen LogP contribution >= 0.6 is 0 Å². The van der Waals surface area contributed by atoms with Crippen molar-refractivity contribution in [2.24, 2.45) is 5.92 Å². The molecule has 5 rings (SSSR count). The summed E-state index contributed by atoms with van der Waals surface area (Å²) in [4.78, 5) is 44.6. The van der Waals surface area contributed by atoms with E-state index in [-0.39, 0.29) is 29.2 Å². The first-order chi connectivity index (χ1) is 14.9. The first kappa shape index (κ1) is 20.0. The highest BCUT2D eigenvalue weighted by Gasteiger charge is 2.44. The van der Waals surface area contributed by atoms with Crippen molar-refractivity contribution in [2.75, 3.05) is 45.2 Å². The number of likely N-dealkylation sites (N-methyl/N-ethyl adjacent to an activating group) is 1. The number of para-hydroxylation sites is 1. The van der Waals surface area contributed by atoms with Crippen molar-refractivity contribution in [1.29, 1.82) is 0 Å². The van der Waals surface area contributed by atoms with Gasteiger partial charge >= 0.3 is 0 Å². The first-order valence-electron chi connectivity index (χ1n) is 11.0. The summed E-state index contributed by atoms with van der Waals surface area (Å²) in [6, 6.07) is 12.8. The van der Waals surface area contributed by atoms with E-state index in [1.807, 2.05) is 29.2 Å². The Morgan fingerprint density at radius 1 is 1.06 bits per heavy atom. The molecule has 0 unspecified atom stereocenters. The highest BCUT2D eigenvalue weighted by Crippen LogP contribution is 2.41. The smallest absolute Gasteiger partial charge is 0.251 e. The van der Waals surface area contributed by atoms with Crippen LogP contribution in [0.2, 0.25) is 0 Å². The number of pyridine rings is 1. The van der Waals surface area contributed by atoms with Gasteiger partial charge < -0.3 is 9.80 Å². The average molecular weight is 421 g/mol. The average Bonchev–Trinajstić information content (AvgIpc) is 3.18. The van der Waals surface area contributed by atoms with E-state index in [2.05, 4.69) is 11.0 Å². The molecule has 31 heavy (non-hydrogen) atoms. The number of hydrogen-bond donors (Lipinski definition) is 0. The highest BCUT2D eigenvalue weighted by molar-refractivity contribution is 5.96.